The van der Waals surface area contributed by atoms with E-state index in [4.69, 9.17) is 0 Å². The van der Waals surface area contributed by atoms with Crippen molar-refractivity contribution >= 4 is 33.4 Å². The first-order valence-corrected chi connectivity index (χ1v) is 10.9. The Bertz CT molecular complexity index is 748. The smallest absolute Gasteiger partial charge is 0.243 e. The SMILES string of the molecule is CCc1ccccc1NC(=O)CN(C)C(=O)C12CC3CC(CC(Br)(C3)C1)C2. The second-order valence-corrected chi connectivity index (χ2v) is 10.8. The first kappa shape index (κ1) is 19.0. The molecule has 4 bridgehead atoms. The van der Waals surface area contributed by atoms with E-state index in [1.165, 1.54) is 19.3 Å². The molecular formula is C22H29BrN2O2. The van der Waals surface area contributed by atoms with Gasteiger partial charge < -0.3 is 10.2 Å². The van der Waals surface area contributed by atoms with E-state index in [0.29, 0.717) is 11.8 Å². The number of hydrogen-bond donors (Lipinski definition) is 1. The molecule has 2 amide bonds. The number of carbonyl (C=O) groups is 2. The van der Waals surface area contributed by atoms with Crippen LogP contribution in [0.1, 0.15) is 51.0 Å². The van der Waals surface area contributed by atoms with Crippen molar-refractivity contribution in [1.82, 2.24) is 4.90 Å². The summed E-state index contributed by atoms with van der Waals surface area (Å²) >= 11 is 3.97. The van der Waals surface area contributed by atoms with E-state index in [0.717, 1.165) is 36.9 Å². The van der Waals surface area contributed by atoms with Gasteiger partial charge in [0, 0.05) is 17.1 Å². The third-order valence-electron chi connectivity index (χ3n) is 6.84. The fourth-order valence-corrected chi connectivity index (χ4v) is 7.69. The Hall–Kier alpha value is -1.36. The number of alkyl halides is 1. The number of halogens is 1. The van der Waals surface area contributed by atoms with E-state index in [1.807, 2.05) is 24.3 Å². The van der Waals surface area contributed by atoms with Gasteiger partial charge in [0.15, 0.2) is 0 Å². The van der Waals surface area contributed by atoms with Crippen LogP contribution in [0.5, 0.6) is 0 Å². The van der Waals surface area contributed by atoms with Crippen molar-refractivity contribution < 1.29 is 9.59 Å². The number of rotatable bonds is 5. The van der Waals surface area contributed by atoms with Crippen LogP contribution in [-0.2, 0) is 16.0 Å². The van der Waals surface area contributed by atoms with Gasteiger partial charge in [-0.2, -0.15) is 0 Å². The maximum absolute atomic E-state index is 13.4. The number of anilines is 1. The van der Waals surface area contributed by atoms with Crippen LogP contribution in [0.2, 0.25) is 0 Å². The lowest BCUT2D eigenvalue weighted by atomic mass is 9.49. The predicted octanol–water partition coefficient (Wildman–Crippen LogP) is 4.38. The van der Waals surface area contributed by atoms with Crippen molar-refractivity contribution in [2.75, 3.05) is 18.9 Å². The highest BCUT2D eigenvalue weighted by Crippen LogP contribution is 2.64. The molecule has 1 aromatic carbocycles. The zero-order valence-corrected chi connectivity index (χ0v) is 17.8. The van der Waals surface area contributed by atoms with Crippen molar-refractivity contribution in [3.8, 4) is 0 Å². The number of amides is 2. The molecule has 0 heterocycles. The average molecular weight is 433 g/mol. The number of hydrogen-bond acceptors (Lipinski definition) is 2. The molecule has 0 aliphatic heterocycles. The van der Waals surface area contributed by atoms with Crippen molar-refractivity contribution in [2.45, 2.75) is 56.2 Å². The van der Waals surface area contributed by atoms with Crippen molar-refractivity contribution in [1.29, 1.82) is 0 Å². The zero-order chi connectivity index (χ0) is 19.2. The van der Waals surface area contributed by atoms with Gasteiger partial charge in [-0.05, 0) is 68.4 Å². The first-order valence-electron chi connectivity index (χ1n) is 10.1. The molecule has 4 aliphatic carbocycles. The zero-order valence-electron chi connectivity index (χ0n) is 16.3. The van der Waals surface area contributed by atoms with Gasteiger partial charge in [-0.25, -0.2) is 0 Å². The second kappa shape index (κ2) is 6.91. The third-order valence-corrected chi connectivity index (χ3v) is 7.77. The lowest BCUT2D eigenvalue weighted by Gasteiger charge is -2.59. The van der Waals surface area contributed by atoms with Crippen LogP contribution in [0.15, 0.2) is 24.3 Å². The fraction of sp³-hybridized carbons (Fsp3) is 0.636. The Kier molecular flexibility index (Phi) is 4.86. The molecule has 4 aliphatic rings. The van der Waals surface area contributed by atoms with E-state index in [9.17, 15) is 9.59 Å². The van der Waals surface area contributed by atoms with Crippen LogP contribution in [0.4, 0.5) is 5.69 Å². The minimum absolute atomic E-state index is 0.114. The first-order chi connectivity index (χ1) is 12.8. The summed E-state index contributed by atoms with van der Waals surface area (Å²) in [7, 11) is 1.78. The lowest BCUT2D eigenvalue weighted by molar-refractivity contribution is -0.155. The Labute approximate surface area is 170 Å². The van der Waals surface area contributed by atoms with Crippen molar-refractivity contribution in [2.24, 2.45) is 17.3 Å². The van der Waals surface area contributed by atoms with Gasteiger partial charge in [0.05, 0.1) is 12.0 Å². The van der Waals surface area contributed by atoms with Gasteiger partial charge in [0.25, 0.3) is 0 Å². The van der Waals surface area contributed by atoms with E-state index in [2.05, 4.69) is 28.2 Å². The molecule has 4 fully saturated rings. The highest BCUT2D eigenvalue weighted by Gasteiger charge is 2.60. The summed E-state index contributed by atoms with van der Waals surface area (Å²) < 4.78 is 0.149. The van der Waals surface area contributed by atoms with Crippen LogP contribution >= 0.6 is 15.9 Å². The maximum Gasteiger partial charge on any atom is 0.243 e. The normalized spacial score (nSPS) is 33.7. The van der Waals surface area contributed by atoms with Crippen LogP contribution in [0, 0.1) is 17.3 Å². The molecule has 2 unspecified atom stereocenters. The molecule has 5 rings (SSSR count). The Morgan fingerprint density at radius 2 is 1.85 bits per heavy atom. The summed E-state index contributed by atoms with van der Waals surface area (Å²) in [5.41, 5.74) is 1.70. The van der Waals surface area contributed by atoms with Crippen LogP contribution < -0.4 is 5.32 Å². The minimum Gasteiger partial charge on any atom is -0.336 e. The molecule has 5 heteroatoms. The molecule has 4 nitrogen and oxygen atoms in total. The monoisotopic (exact) mass is 432 g/mol. The van der Waals surface area contributed by atoms with E-state index < -0.39 is 0 Å². The van der Waals surface area contributed by atoms with E-state index in [-0.39, 0.29) is 28.1 Å². The van der Waals surface area contributed by atoms with Crippen LogP contribution in [0.3, 0.4) is 0 Å². The number of nitrogens with zero attached hydrogens (tertiary/aromatic N) is 1. The van der Waals surface area contributed by atoms with Crippen molar-refractivity contribution in [3.05, 3.63) is 29.8 Å². The Balaban J connectivity index is 1.43. The van der Waals surface area contributed by atoms with Gasteiger partial charge in [-0.1, -0.05) is 41.1 Å². The standard InChI is InChI=1S/C22H29BrN2O2/c1-3-17-6-4-5-7-18(17)24-19(26)13-25(2)20(27)21-9-15-8-16(10-21)12-22(23,11-15)14-21/h4-7,15-16H,3,8-14H2,1-2H3,(H,24,26). The molecule has 0 saturated heterocycles. The molecule has 1 N–H and O–H groups in total. The van der Waals surface area contributed by atoms with Gasteiger partial charge in [0.2, 0.25) is 11.8 Å². The maximum atomic E-state index is 13.4. The molecule has 27 heavy (non-hydrogen) atoms. The molecule has 2 atom stereocenters. The number of benzene rings is 1. The van der Waals surface area contributed by atoms with Gasteiger partial charge in [-0.3, -0.25) is 9.59 Å². The topological polar surface area (TPSA) is 49.4 Å². The molecule has 146 valence electrons. The van der Waals surface area contributed by atoms with Crippen molar-refractivity contribution in [3.63, 3.8) is 0 Å². The Morgan fingerprint density at radius 3 is 2.48 bits per heavy atom. The molecular weight excluding hydrogens is 404 g/mol. The number of nitrogens with one attached hydrogen (secondary N) is 1. The van der Waals surface area contributed by atoms with Gasteiger partial charge in [0.1, 0.15) is 0 Å². The van der Waals surface area contributed by atoms with Crippen LogP contribution in [0.25, 0.3) is 0 Å². The molecule has 0 radical (unpaired) electrons. The third kappa shape index (κ3) is 3.55. The number of aryl methyl sites for hydroxylation is 1. The summed E-state index contributed by atoms with van der Waals surface area (Å²) in [5.74, 6) is 1.37. The van der Waals surface area contributed by atoms with Gasteiger partial charge in [-0.15, -0.1) is 0 Å². The molecule has 4 saturated carbocycles. The quantitative estimate of drug-likeness (QED) is 0.701. The summed E-state index contributed by atoms with van der Waals surface area (Å²) in [6, 6.07) is 7.85. The van der Waals surface area contributed by atoms with Crippen LogP contribution in [-0.4, -0.2) is 34.6 Å². The van der Waals surface area contributed by atoms with Gasteiger partial charge >= 0.3 is 0 Å². The summed E-state index contributed by atoms with van der Waals surface area (Å²) in [6.45, 7) is 2.19. The summed E-state index contributed by atoms with van der Waals surface area (Å²) in [5, 5.41) is 2.99. The molecule has 0 aromatic heterocycles. The lowest BCUT2D eigenvalue weighted by Crippen LogP contribution is -2.58. The number of likely N-dealkylation sites (N-methyl/N-ethyl adjacent to an activating group) is 1. The predicted molar refractivity (Wildman–Crippen MR) is 111 cm³/mol. The number of para-hydroxylation sites is 1. The molecule has 0 spiro atoms. The second-order valence-electron chi connectivity index (χ2n) is 9.11. The highest BCUT2D eigenvalue weighted by atomic mass is 79.9. The fourth-order valence-electron chi connectivity index (χ4n) is 6.23. The minimum atomic E-state index is -0.260. The summed E-state index contributed by atoms with van der Waals surface area (Å²) in [6.07, 6.45) is 7.48. The molecule has 1 aromatic rings. The Morgan fingerprint density at radius 1 is 1.19 bits per heavy atom. The largest absolute Gasteiger partial charge is 0.336 e. The highest BCUT2D eigenvalue weighted by molar-refractivity contribution is 9.10. The van der Waals surface area contributed by atoms with E-state index in [1.54, 1.807) is 11.9 Å². The average Bonchev–Trinajstić information content (AvgIpc) is 2.59. The van der Waals surface area contributed by atoms with E-state index >= 15 is 0 Å². The number of carbonyl (C=O) groups excluding carboxylic acids is 2. The summed E-state index contributed by atoms with van der Waals surface area (Å²) in [4.78, 5) is 27.6.